The summed E-state index contributed by atoms with van der Waals surface area (Å²) in [7, 11) is 0. The minimum atomic E-state index is -0.872. The van der Waals surface area contributed by atoms with E-state index in [4.69, 9.17) is 0 Å². The number of thioether (sulfide) groups is 2. The first-order valence-corrected chi connectivity index (χ1v) is 12.6. The second-order valence-corrected chi connectivity index (χ2v) is 9.35. The molecule has 0 bridgehead atoms. The van der Waals surface area contributed by atoms with Gasteiger partial charge in [0, 0.05) is 15.5 Å². The number of amides is 3. The molecular weight excluding hydrogens is 440 g/mol. The molecule has 3 aromatic rings. The summed E-state index contributed by atoms with van der Waals surface area (Å²) in [5.74, 6) is -1.07. The second kappa shape index (κ2) is 8.15. The number of fused-ring (bicyclic) bond motifs is 1. The Morgan fingerprint density at radius 2 is 1.12 bits per heavy atom. The first-order valence-electron chi connectivity index (χ1n) is 10.1. The van der Waals surface area contributed by atoms with Crippen molar-refractivity contribution in [2.24, 2.45) is 0 Å². The van der Waals surface area contributed by atoms with Crippen LogP contribution in [0.25, 0.3) is 0 Å². The Hall–Kier alpha value is -3.03. The van der Waals surface area contributed by atoms with Crippen LogP contribution in [0.3, 0.4) is 0 Å². The molecule has 0 saturated carbocycles. The highest BCUT2D eigenvalue weighted by Gasteiger charge is 2.57. The van der Waals surface area contributed by atoms with Gasteiger partial charge in [-0.25, -0.2) is 0 Å². The molecule has 0 radical (unpaired) electrons. The maximum atomic E-state index is 13.4. The SMILES string of the molecule is CSc1ccc(C2C(N3C(=O)c4ccccc4C3=O)C(=O)N2c2ccc(SC)cc2)cc1. The van der Waals surface area contributed by atoms with Gasteiger partial charge in [0.1, 0.15) is 6.04 Å². The lowest BCUT2D eigenvalue weighted by Gasteiger charge is -2.49. The van der Waals surface area contributed by atoms with Gasteiger partial charge < -0.3 is 4.90 Å². The van der Waals surface area contributed by atoms with Crippen LogP contribution < -0.4 is 4.90 Å². The van der Waals surface area contributed by atoms with Gasteiger partial charge in [-0.15, -0.1) is 23.5 Å². The van der Waals surface area contributed by atoms with Crippen molar-refractivity contribution in [1.29, 1.82) is 0 Å². The molecule has 2 heterocycles. The molecule has 2 atom stereocenters. The van der Waals surface area contributed by atoms with E-state index in [-0.39, 0.29) is 5.91 Å². The summed E-state index contributed by atoms with van der Waals surface area (Å²) in [4.78, 5) is 44.7. The topological polar surface area (TPSA) is 57.7 Å². The predicted molar refractivity (Wildman–Crippen MR) is 127 cm³/mol. The van der Waals surface area contributed by atoms with E-state index in [1.165, 1.54) is 0 Å². The molecule has 160 valence electrons. The maximum absolute atomic E-state index is 13.4. The van der Waals surface area contributed by atoms with Crippen molar-refractivity contribution >= 4 is 46.9 Å². The van der Waals surface area contributed by atoms with Gasteiger partial charge in [-0.2, -0.15) is 0 Å². The van der Waals surface area contributed by atoms with Crippen LogP contribution in [0.15, 0.2) is 82.6 Å². The molecule has 5 rings (SSSR count). The molecule has 0 N–H and O–H groups in total. The average molecular weight is 461 g/mol. The van der Waals surface area contributed by atoms with Gasteiger partial charge in [-0.3, -0.25) is 19.3 Å². The maximum Gasteiger partial charge on any atom is 0.262 e. The van der Waals surface area contributed by atoms with Gasteiger partial charge in [0.25, 0.3) is 17.7 Å². The molecule has 0 aromatic heterocycles. The number of rotatable bonds is 5. The van der Waals surface area contributed by atoms with Crippen LogP contribution in [-0.2, 0) is 4.79 Å². The zero-order chi connectivity index (χ0) is 22.4. The molecule has 1 saturated heterocycles. The normalized spacial score (nSPS) is 19.9. The molecule has 2 aliphatic rings. The fourth-order valence-electron chi connectivity index (χ4n) is 4.35. The standard InChI is InChI=1S/C25H20N2O3S2/c1-31-17-11-7-15(8-12-17)21-22(25(30)26(21)16-9-13-18(32-2)14-10-16)27-23(28)19-5-3-4-6-20(19)24(27)29/h3-14,21-22H,1-2H3. The van der Waals surface area contributed by atoms with Crippen LogP contribution in [0.2, 0.25) is 0 Å². The van der Waals surface area contributed by atoms with Gasteiger partial charge in [-0.05, 0) is 66.6 Å². The van der Waals surface area contributed by atoms with Crippen LogP contribution in [0.4, 0.5) is 5.69 Å². The van der Waals surface area contributed by atoms with Gasteiger partial charge >= 0.3 is 0 Å². The van der Waals surface area contributed by atoms with Crippen molar-refractivity contribution in [3.05, 3.63) is 89.5 Å². The Morgan fingerprint density at radius 3 is 1.62 bits per heavy atom. The van der Waals surface area contributed by atoms with E-state index in [2.05, 4.69) is 0 Å². The highest BCUT2D eigenvalue weighted by atomic mass is 32.2. The monoisotopic (exact) mass is 460 g/mol. The average Bonchev–Trinajstić information content (AvgIpc) is 3.08. The number of anilines is 1. The van der Waals surface area contributed by atoms with Crippen molar-refractivity contribution in [1.82, 2.24) is 4.90 Å². The first kappa shape index (κ1) is 20.8. The molecule has 2 aliphatic heterocycles. The van der Waals surface area contributed by atoms with Crippen LogP contribution in [0, 0.1) is 0 Å². The number of benzene rings is 3. The van der Waals surface area contributed by atoms with Crippen molar-refractivity contribution in [2.45, 2.75) is 21.9 Å². The number of β-lactam (4-membered cyclic amide) rings is 1. The van der Waals surface area contributed by atoms with E-state index >= 15 is 0 Å². The summed E-state index contributed by atoms with van der Waals surface area (Å²) < 4.78 is 0. The number of nitrogens with zero attached hydrogens (tertiary/aromatic N) is 2. The molecule has 32 heavy (non-hydrogen) atoms. The lowest BCUT2D eigenvalue weighted by Crippen LogP contribution is -2.67. The Labute approximate surface area is 194 Å². The van der Waals surface area contributed by atoms with Crippen LogP contribution >= 0.6 is 23.5 Å². The summed E-state index contributed by atoms with van der Waals surface area (Å²) in [6, 6.07) is 21.1. The third kappa shape index (κ3) is 3.15. The van der Waals surface area contributed by atoms with Crippen molar-refractivity contribution < 1.29 is 14.4 Å². The Balaban J connectivity index is 1.56. The third-order valence-corrected chi connectivity index (χ3v) is 7.47. The molecule has 3 amide bonds. The zero-order valence-electron chi connectivity index (χ0n) is 17.5. The van der Waals surface area contributed by atoms with Crippen LogP contribution in [0.5, 0.6) is 0 Å². The van der Waals surface area contributed by atoms with Gasteiger partial charge in [0.05, 0.1) is 17.2 Å². The predicted octanol–water partition coefficient (Wildman–Crippen LogP) is 4.88. The van der Waals surface area contributed by atoms with E-state index < -0.39 is 23.9 Å². The lowest BCUT2D eigenvalue weighted by atomic mass is 9.86. The van der Waals surface area contributed by atoms with Crippen molar-refractivity contribution in [2.75, 3.05) is 17.4 Å². The Kier molecular flexibility index (Phi) is 5.31. The van der Waals surface area contributed by atoms with Gasteiger partial charge in [0.2, 0.25) is 0 Å². The molecule has 3 aromatic carbocycles. The summed E-state index contributed by atoms with van der Waals surface area (Å²) in [6.07, 6.45) is 4.00. The molecule has 2 unspecified atom stereocenters. The number of hydrogen-bond acceptors (Lipinski definition) is 5. The number of carbonyl (C=O) groups is 3. The van der Waals surface area contributed by atoms with Crippen molar-refractivity contribution in [3.63, 3.8) is 0 Å². The fourth-order valence-corrected chi connectivity index (χ4v) is 5.17. The molecular formula is C25H20N2O3S2. The van der Waals surface area contributed by atoms with E-state index in [1.54, 1.807) is 52.7 Å². The van der Waals surface area contributed by atoms with E-state index in [1.807, 2.05) is 61.0 Å². The smallest absolute Gasteiger partial charge is 0.262 e. The van der Waals surface area contributed by atoms with E-state index in [0.29, 0.717) is 11.1 Å². The molecule has 1 fully saturated rings. The summed E-state index contributed by atoms with van der Waals surface area (Å²) in [5, 5.41) is 0. The van der Waals surface area contributed by atoms with Crippen LogP contribution in [0.1, 0.15) is 32.3 Å². The van der Waals surface area contributed by atoms with Crippen LogP contribution in [-0.4, -0.2) is 41.2 Å². The summed E-state index contributed by atoms with van der Waals surface area (Å²) in [6.45, 7) is 0. The minimum absolute atomic E-state index is 0.254. The summed E-state index contributed by atoms with van der Waals surface area (Å²) in [5.41, 5.74) is 2.34. The molecule has 7 heteroatoms. The minimum Gasteiger partial charge on any atom is -0.300 e. The Bertz CT molecular complexity index is 1190. The molecule has 5 nitrogen and oxygen atoms in total. The third-order valence-electron chi connectivity index (χ3n) is 5.98. The second-order valence-electron chi connectivity index (χ2n) is 7.59. The zero-order valence-corrected chi connectivity index (χ0v) is 19.2. The number of carbonyl (C=O) groups excluding carboxylic acids is 3. The fraction of sp³-hybridized carbons (Fsp3) is 0.160. The van der Waals surface area contributed by atoms with E-state index in [9.17, 15) is 14.4 Å². The molecule has 0 aliphatic carbocycles. The number of imide groups is 1. The van der Waals surface area contributed by atoms with Gasteiger partial charge in [0.15, 0.2) is 0 Å². The lowest BCUT2D eigenvalue weighted by molar-refractivity contribution is -0.130. The largest absolute Gasteiger partial charge is 0.300 e. The molecule has 0 spiro atoms. The van der Waals surface area contributed by atoms with Gasteiger partial charge in [-0.1, -0.05) is 24.3 Å². The summed E-state index contributed by atoms with van der Waals surface area (Å²) >= 11 is 3.26. The quantitative estimate of drug-likeness (QED) is 0.308. The van der Waals surface area contributed by atoms with Crippen molar-refractivity contribution in [3.8, 4) is 0 Å². The Morgan fingerprint density at radius 1 is 0.625 bits per heavy atom. The first-order chi connectivity index (χ1) is 15.5. The number of hydrogen-bond donors (Lipinski definition) is 0. The highest BCUT2D eigenvalue weighted by Crippen LogP contribution is 2.44. The highest BCUT2D eigenvalue weighted by molar-refractivity contribution is 7.98. The van der Waals surface area contributed by atoms with E-state index in [0.717, 1.165) is 25.9 Å².